The highest BCUT2D eigenvalue weighted by molar-refractivity contribution is 6.05. The number of hydrogen-bond donors (Lipinski definition) is 0. The molecule has 1 spiro atoms. The number of rotatable bonds is 4. The third-order valence-corrected chi connectivity index (χ3v) is 6.24. The van der Waals surface area contributed by atoms with E-state index in [2.05, 4.69) is 4.90 Å². The van der Waals surface area contributed by atoms with Crippen molar-refractivity contribution >= 4 is 18.2 Å². The van der Waals surface area contributed by atoms with Crippen molar-refractivity contribution in [2.45, 2.75) is 44.1 Å². The third-order valence-electron chi connectivity index (χ3n) is 6.24. The molecule has 4 rings (SSSR count). The first-order valence-corrected chi connectivity index (χ1v) is 9.84. The second kappa shape index (κ2) is 8.62. The van der Waals surface area contributed by atoms with Crippen LogP contribution >= 0.6 is 12.4 Å². The molecule has 0 bridgehead atoms. The second-order valence-corrected chi connectivity index (χ2v) is 7.70. The standard InChI is InChI=1S/C23H26FNO2.ClH/c1-27-20-8-9-21-18(16-20)10-13-23(22(21)26)12-2-3-14-25(23)15-11-17-4-6-19(24)7-5-17;/h4-9,16H,2-3,10-15H2,1H3;1H. The van der Waals surface area contributed by atoms with Gasteiger partial charge < -0.3 is 4.74 Å². The van der Waals surface area contributed by atoms with E-state index >= 15 is 0 Å². The molecule has 0 aromatic heterocycles. The van der Waals surface area contributed by atoms with Crippen LogP contribution in [0.3, 0.4) is 0 Å². The summed E-state index contributed by atoms with van der Waals surface area (Å²) in [5.74, 6) is 0.877. The Labute approximate surface area is 172 Å². The van der Waals surface area contributed by atoms with Gasteiger partial charge in [0.25, 0.3) is 0 Å². The van der Waals surface area contributed by atoms with Crippen LogP contribution in [0.2, 0.25) is 0 Å². The Kier molecular flexibility index (Phi) is 6.41. The summed E-state index contributed by atoms with van der Waals surface area (Å²) in [5.41, 5.74) is 2.70. The molecule has 1 heterocycles. The van der Waals surface area contributed by atoms with E-state index in [4.69, 9.17) is 4.74 Å². The number of likely N-dealkylation sites (tertiary alicyclic amines) is 1. The Hall–Kier alpha value is -1.91. The van der Waals surface area contributed by atoms with Gasteiger partial charge in [0.05, 0.1) is 12.6 Å². The van der Waals surface area contributed by atoms with Crippen molar-refractivity contribution in [3.05, 3.63) is 65.0 Å². The molecule has 0 amide bonds. The normalized spacial score (nSPS) is 21.9. The quantitative estimate of drug-likeness (QED) is 0.730. The molecule has 1 fully saturated rings. The van der Waals surface area contributed by atoms with Gasteiger partial charge in [-0.1, -0.05) is 12.1 Å². The molecule has 2 aromatic carbocycles. The van der Waals surface area contributed by atoms with E-state index in [9.17, 15) is 9.18 Å². The van der Waals surface area contributed by atoms with E-state index in [0.29, 0.717) is 0 Å². The molecule has 2 aliphatic rings. The van der Waals surface area contributed by atoms with E-state index in [1.165, 1.54) is 12.1 Å². The Morgan fingerprint density at radius 2 is 1.89 bits per heavy atom. The highest BCUT2D eigenvalue weighted by atomic mass is 35.5. The maximum atomic E-state index is 13.5. The molecule has 28 heavy (non-hydrogen) atoms. The average molecular weight is 404 g/mol. The van der Waals surface area contributed by atoms with Crippen LogP contribution in [0, 0.1) is 5.82 Å². The summed E-state index contributed by atoms with van der Waals surface area (Å²) in [6, 6.07) is 12.5. The highest BCUT2D eigenvalue weighted by Crippen LogP contribution is 2.40. The Morgan fingerprint density at radius 3 is 2.64 bits per heavy atom. The fourth-order valence-corrected chi connectivity index (χ4v) is 4.70. The zero-order chi connectivity index (χ0) is 18.9. The van der Waals surface area contributed by atoms with Crippen molar-refractivity contribution in [2.24, 2.45) is 0 Å². The van der Waals surface area contributed by atoms with Crippen LogP contribution in [-0.4, -0.2) is 36.4 Å². The first-order chi connectivity index (χ1) is 13.1. The smallest absolute Gasteiger partial charge is 0.183 e. The molecular weight excluding hydrogens is 377 g/mol. The van der Waals surface area contributed by atoms with Crippen LogP contribution < -0.4 is 4.74 Å². The van der Waals surface area contributed by atoms with Crippen molar-refractivity contribution in [1.29, 1.82) is 0 Å². The number of aryl methyl sites for hydroxylation is 1. The number of ketones is 1. The van der Waals surface area contributed by atoms with Crippen LogP contribution in [0.15, 0.2) is 42.5 Å². The topological polar surface area (TPSA) is 29.5 Å². The Morgan fingerprint density at radius 1 is 1.11 bits per heavy atom. The monoisotopic (exact) mass is 403 g/mol. The van der Waals surface area contributed by atoms with Crippen molar-refractivity contribution in [2.75, 3.05) is 20.2 Å². The lowest BCUT2D eigenvalue weighted by Crippen LogP contribution is -2.59. The fraction of sp³-hybridized carbons (Fsp3) is 0.435. The fourth-order valence-electron chi connectivity index (χ4n) is 4.70. The van der Waals surface area contributed by atoms with Crippen LogP contribution in [0.25, 0.3) is 0 Å². The molecule has 5 heteroatoms. The van der Waals surface area contributed by atoms with Gasteiger partial charge in [-0.15, -0.1) is 12.4 Å². The first-order valence-electron chi connectivity index (χ1n) is 9.84. The van der Waals surface area contributed by atoms with Crippen LogP contribution in [0.4, 0.5) is 4.39 Å². The highest BCUT2D eigenvalue weighted by Gasteiger charge is 2.47. The molecular formula is C23H27ClFNO2. The van der Waals surface area contributed by atoms with Crippen molar-refractivity contribution in [3.63, 3.8) is 0 Å². The zero-order valence-corrected chi connectivity index (χ0v) is 17.1. The molecule has 1 aliphatic heterocycles. The molecule has 1 unspecified atom stereocenters. The van der Waals surface area contributed by atoms with E-state index in [1.807, 2.05) is 30.3 Å². The van der Waals surface area contributed by atoms with E-state index in [1.54, 1.807) is 7.11 Å². The predicted octanol–water partition coefficient (Wildman–Crippen LogP) is 4.85. The lowest BCUT2D eigenvalue weighted by Gasteiger charge is -2.48. The lowest BCUT2D eigenvalue weighted by atomic mass is 9.71. The average Bonchev–Trinajstić information content (AvgIpc) is 2.71. The van der Waals surface area contributed by atoms with E-state index in [-0.39, 0.29) is 29.5 Å². The van der Waals surface area contributed by atoms with Gasteiger partial charge in [0.2, 0.25) is 0 Å². The SMILES string of the molecule is COc1ccc2c(c1)CCC1(CCCCN1CCc1ccc(F)cc1)C2=O.Cl. The third kappa shape index (κ3) is 3.81. The summed E-state index contributed by atoms with van der Waals surface area (Å²) in [6.07, 6.45) is 5.78. The van der Waals surface area contributed by atoms with Gasteiger partial charge >= 0.3 is 0 Å². The molecule has 0 saturated carbocycles. The molecule has 150 valence electrons. The number of halogens is 2. The maximum Gasteiger partial charge on any atom is 0.183 e. The number of methoxy groups -OCH3 is 1. The minimum atomic E-state index is -0.375. The number of carbonyl (C=O) groups is 1. The van der Waals surface area contributed by atoms with Gasteiger partial charge in [-0.25, -0.2) is 4.39 Å². The van der Waals surface area contributed by atoms with Gasteiger partial charge in [0.1, 0.15) is 11.6 Å². The van der Waals surface area contributed by atoms with Crippen LogP contribution in [-0.2, 0) is 12.8 Å². The predicted molar refractivity (Wildman–Crippen MR) is 111 cm³/mol. The number of fused-ring (bicyclic) bond motifs is 1. The number of piperidine rings is 1. The first kappa shape index (κ1) is 20.8. The summed E-state index contributed by atoms with van der Waals surface area (Å²) < 4.78 is 18.5. The van der Waals surface area contributed by atoms with Crippen LogP contribution in [0.5, 0.6) is 5.75 Å². The number of hydrogen-bond acceptors (Lipinski definition) is 3. The van der Waals surface area contributed by atoms with Crippen molar-refractivity contribution in [3.8, 4) is 5.75 Å². The Balaban J connectivity index is 0.00000225. The number of carbonyl (C=O) groups excluding carboxylic acids is 1. The lowest BCUT2D eigenvalue weighted by molar-refractivity contribution is 0.0298. The molecule has 1 atom stereocenters. The summed E-state index contributed by atoms with van der Waals surface area (Å²) in [6.45, 7) is 1.79. The minimum Gasteiger partial charge on any atom is -0.497 e. The summed E-state index contributed by atoms with van der Waals surface area (Å²) in [7, 11) is 1.66. The summed E-state index contributed by atoms with van der Waals surface area (Å²) in [4.78, 5) is 15.9. The summed E-state index contributed by atoms with van der Waals surface area (Å²) in [5, 5.41) is 0. The second-order valence-electron chi connectivity index (χ2n) is 7.70. The molecule has 1 saturated heterocycles. The Bertz CT molecular complexity index is 839. The van der Waals surface area contributed by atoms with Gasteiger partial charge in [0.15, 0.2) is 5.78 Å². The maximum absolute atomic E-state index is 13.5. The van der Waals surface area contributed by atoms with Crippen molar-refractivity contribution < 1.29 is 13.9 Å². The summed E-state index contributed by atoms with van der Waals surface area (Å²) >= 11 is 0. The number of nitrogens with zero attached hydrogens (tertiary/aromatic N) is 1. The van der Waals surface area contributed by atoms with Gasteiger partial charge in [-0.3, -0.25) is 9.69 Å². The zero-order valence-electron chi connectivity index (χ0n) is 16.2. The van der Waals surface area contributed by atoms with E-state index < -0.39 is 0 Å². The minimum absolute atomic E-state index is 0. The van der Waals surface area contributed by atoms with Gasteiger partial charge in [-0.2, -0.15) is 0 Å². The molecule has 2 aromatic rings. The van der Waals surface area contributed by atoms with Crippen LogP contribution in [0.1, 0.15) is 47.2 Å². The van der Waals surface area contributed by atoms with Crippen molar-refractivity contribution in [1.82, 2.24) is 4.90 Å². The number of ether oxygens (including phenoxy) is 1. The number of Topliss-reactive ketones (excluding diaryl/α,β-unsaturated/α-hetero) is 1. The molecule has 0 radical (unpaired) electrons. The van der Waals surface area contributed by atoms with Gasteiger partial charge in [-0.05, 0) is 86.5 Å². The largest absolute Gasteiger partial charge is 0.497 e. The molecule has 3 nitrogen and oxygen atoms in total. The van der Waals surface area contributed by atoms with Gasteiger partial charge in [0, 0.05) is 12.1 Å². The molecule has 0 N–H and O–H groups in total. The molecule has 1 aliphatic carbocycles. The number of benzene rings is 2. The van der Waals surface area contributed by atoms with E-state index in [0.717, 1.165) is 74.1 Å².